The molecule has 15 nitrogen and oxygen atoms in total. The summed E-state index contributed by atoms with van der Waals surface area (Å²) in [5, 5.41) is 17.3. The summed E-state index contributed by atoms with van der Waals surface area (Å²) in [5.41, 5.74) is 27.2. The van der Waals surface area contributed by atoms with Crippen LogP contribution in [0, 0.1) is 0 Å². The number of nitrogens with zero attached hydrogens (tertiary/aromatic N) is 2. The topological polar surface area (TPSA) is 279 Å². The average Bonchev–Trinajstić information content (AvgIpc) is 2.87. The normalized spacial score (nSPS) is 13.7. The van der Waals surface area contributed by atoms with Gasteiger partial charge in [0.05, 0.1) is 6.04 Å². The highest BCUT2D eigenvalue weighted by Crippen LogP contribution is 2.07. The lowest BCUT2D eigenvalue weighted by atomic mass is 10.1. The number of aliphatic imine (C=N–C) groups is 2. The fourth-order valence-electron chi connectivity index (χ4n) is 3.24. The minimum atomic E-state index is -1.23. The molecule has 0 radical (unpaired) electrons. The molecule has 0 bridgehead atoms. The Morgan fingerprint density at radius 1 is 0.692 bits per heavy atom. The number of hydrogen-bond donors (Lipinski definition) is 9. The van der Waals surface area contributed by atoms with Crippen LogP contribution >= 0.6 is 23.5 Å². The fraction of sp³-hybridized carbons (Fsp3) is 0.727. The molecule has 224 valence electrons. The van der Waals surface area contributed by atoms with Crippen LogP contribution in [0.2, 0.25) is 0 Å². The van der Waals surface area contributed by atoms with Gasteiger partial charge in [0.25, 0.3) is 0 Å². The summed E-state index contributed by atoms with van der Waals surface area (Å²) < 4.78 is 0. The van der Waals surface area contributed by atoms with Crippen LogP contribution in [0.3, 0.4) is 0 Å². The zero-order valence-corrected chi connectivity index (χ0v) is 24.2. The molecule has 4 atom stereocenters. The van der Waals surface area contributed by atoms with E-state index in [2.05, 4.69) is 25.9 Å². The number of carboxylic acid groups (broad SMARTS) is 1. The summed E-state index contributed by atoms with van der Waals surface area (Å²) in [6.07, 6.45) is 5.34. The van der Waals surface area contributed by atoms with Gasteiger partial charge in [-0.2, -0.15) is 23.5 Å². The predicted octanol–water partition coefficient (Wildman–Crippen LogP) is -2.53. The number of hydrogen-bond acceptors (Lipinski definition) is 9. The summed E-state index contributed by atoms with van der Waals surface area (Å²) in [4.78, 5) is 58.3. The van der Waals surface area contributed by atoms with Crippen molar-refractivity contribution in [1.82, 2.24) is 16.0 Å². The number of thioether (sulfide) groups is 2. The lowest BCUT2D eigenvalue weighted by Gasteiger charge is -2.25. The first kappa shape index (κ1) is 36.1. The second-order valence-corrected chi connectivity index (χ2v) is 10.6. The van der Waals surface area contributed by atoms with E-state index >= 15 is 0 Å². The van der Waals surface area contributed by atoms with Crippen LogP contribution in [0.1, 0.15) is 38.5 Å². The van der Waals surface area contributed by atoms with Gasteiger partial charge in [0.15, 0.2) is 11.9 Å². The number of rotatable bonds is 21. The quantitative estimate of drug-likeness (QED) is 0.0379. The van der Waals surface area contributed by atoms with Gasteiger partial charge in [-0.25, -0.2) is 4.79 Å². The first-order valence-electron chi connectivity index (χ1n) is 12.4. The van der Waals surface area contributed by atoms with Crippen molar-refractivity contribution in [2.45, 2.75) is 62.7 Å². The molecule has 0 fully saturated rings. The molecule has 0 aromatic rings. The second-order valence-electron chi connectivity index (χ2n) is 8.59. The highest BCUT2D eigenvalue weighted by atomic mass is 32.2. The molecule has 39 heavy (non-hydrogen) atoms. The van der Waals surface area contributed by atoms with Gasteiger partial charge in [0.2, 0.25) is 17.7 Å². The monoisotopic (exact) mass is 592 g/mol. The highest BCUT2D eigenvalue weighted by Gasteiger charge is 2.30. The second kappa shape index (κ2) is 21.0. The molecule has 14 N–H and O–H groups in total. The zero-order valence-electron chi connectivity index (χ0n) is 22.6. The summed E-state index contributed by atoms with van der Waals surface area (Å²) in [5.74, 6) is -2.02. The maximum Gasteiger partial charge on any atom is 0.326 e. The molecule has 17 heteroatoms. The Labute approximate surface area is 237 Å². The van der Waals surface area contributed by atoms with Crippen molar-refractivity contribution < 1.29 is 24.3 Å². The highest BCUT2D eigenvalue weighted by molar-refractivity contribution is 7.98. The summed E-state index contributed by atoms with van der Waals surface area (Å²) in [7, 11) is 0. The fourth-order valence-corrected chi connectivity index (χ4v) is 4.20. The van der Waals surface area contributed by atoms with Gasteiger partial charge >= 0.3 is 5.97 Å². The maximum absolute atomic E-state index is 13.2. The largest absolute Gasteiger partial charge is 0.480 e. The maximum atomic E-state index is 13.2. The van der Waals surface area contributed by atoms with Crippen molar-refractivity contribution in [3.63, 3.8) is 0 Å². The molecular weight excluding hydrogens is 548 g/mol. The molecule has 3 amide bonds. The first-order chi connectivity index (χ1) is 18.4. The molecule has 0 aromatic heterocycles. The number of carbonyl (C=O) groups is 4. The van der Waals surface area contributed by atoms with Crippen molar-refractivity contribution in [1.29, 1.82) is 0 Å². The first-order valence-corrected chi connectivity index (χ1v) is 15.2. The van der Waals surface area contributed by atoms with Crippen LogP contribution in [-0.4, -0.2) is 102 Å². The molecule has 0 aliphatic carbocycles. The minimum absolute atomic E-state index is 0.0818. The lowest BCUT2D eigenvalue weighted by molar-refractivity contribution is -0.142. The van der Waals surface area contributed by atoms with E-state index in [1.807, 2.05) is 12.5 Å². The van der Waals surface area contributed by atoms with E-state index in [-0.39, 0.29) is 44.3 Å². The third kappa shape index (κ3) is 17.3. The third-order valence-corrected chi connectivity index (χ3v) is 6.64. The van der Waals surface area contributed by atoms with Crippen molar-refractivity contribution >= 4 is 59.1 Å². The van der Waals surface area contributed by atoms with Crippen LogP contribution in [0.15, 0.2) is 9.98 Å². The van der Waals surface area contributed by atoms with Crippen LogP contribution in [0.25, 0.3) is 0 Å². The summed E-state index contributed by atoms with van der Waals surface area (Å²) in [6, 6.07) is -4.06. The van der Waals surface area contributed by atoms with Gasteiger partial charge in [-0.15, -0.1) is 0 Å². The Kier molecular flexibility index (Phi) is 19.4. The van der Waals surface area contributed by atoms with Crippen LogP contribution in [0.5, 0.6) is 0 Å². The number of carbonyl (C=O) groups excluding carboxylic acids is 3. The molecule has 0 aromatic carbocycles. The lowest BCUT2D eigenvalue weighted by Crippen LogP contribution is -2.57. The molecule has 0 heterocycles. The zero-order chi connectivity index (χ0) is 29.8. The molecule has 0 saturated heterocycles. The van der Waals surface area contributed by atoms with Crippen molar-refractivity contribution in [2.24, 2.45) is 38.7 Å². The number of nitrogens with two attached hydrogens (primary N) is 5. The Hall–Kier alpha value is -2.92. The number of guanidine groups is 2. The smallest absolute Gasteiger partial charge is 0.326 e. The summed E-state index contributed by atoms with van der Waals surface area (Å²) >= 11 is 3.00. The molecular formula is C22H44N10O5S2. The molecule has 0 spiro atoms. The summed E-state index contributed by atoms with van der Waals surface area (Å²) in [6.45, 7) is 0.436. The van der Waals surface area contributed by atoms with E-state index in [0.29, 0.717) is 30.8 Å². The number of aliphatic carboxylic acids is 1. The van der Waals surface area contributed by atoms with Gasteiger partial charge in [-0.1, -0.05) is 0 Å². The number of amides is 3. The molecule has 0 saturated carbocycles. The van der Waals surface area contributed by atoms with Gasteiger partial charge in [-0.3, -0.25) is 24.4 Å². The van der Waals surface area contributed by atoms with E-state index in [9.17, 15) is 24.3 Å². The molecule has 0 aliphatic heterocycles. The third-order valence-electron chi connectivity index (χ3n) is 5.35. The van der Waals surface area contributed by atoms with Gasteiger partial charge < -0.3 is 49.7 Å². The SMILES string of the molecule is CSCCC(N)C(=O)NC(CCCN=C(N)N)C(=O)NC(CCSC)C(=O)NC(CCCN=C(N)N)C(=O)O. The van der Waals surface area contributed by atoms with E-state index in [1.54, 1.807) is 11.8 Å². The molecule has 4 unspecified atom stereocenters. The van der Waals surface area contributed by atoms with Crippen molar-refractivity contribution in [3.05, 3.63) is 0 Å². The standard InChI is InChI=1S/C22H44N10O5S2/c1-38-11-7-13(23)17(33)30-14(5-3-9-28-21(24)25)18(34)31-15(8-12-39-2)19(35)32-16(20(36)37)6-4-10-29-22(26)27/h13-16H,3-12,23H2,1-2H3,(H,30,33)(H,31,34)(H,32,35)(H,36,37)(H4,24,25,28)(H4,26,27,29). The Morgan fingerprint density at radius 2 is 1.10 bits per heavy atom. The predicted molar refractivity (Wildman–Crippen MR) is 157 cm³/mol. The number of carboxylic acids is 1. The van der Waals surface area contributed by atoms with E-state index in [0.717, 1.165) is 0 Å². The Morgan fingerprint density at radius 3 is 1.56 bits per heavy atom. The van der Waals surface area contributed by atoms with Crippen LogP contribution in [-0.2, 0) is 19.2 Å². The minimum Gasteiger partial charge on any atom is -0.480 e. The van der Waals surface area contributed by atoms with Crippen LogP contribution < -0.4 is 44.6 Å². The molecule has 0 aliphatic rings. The Bertz CT molecular complexity index is 838. The van der Waals surface area contributed by atoms with Crippen molar-refractivity contribution in [3.8, 4) is 0 Å². The van der Waals surface area contributed by atoms with Gasteiger partial charge in [0.1, 0.15) is 18.1 Å². The Balaban J connectivity index is 5.53. The average molecular weight is 593 g/mol. The van der Waals surface area contributed by atoms with E-state index in [4.69, 9.17) is 28.7 Å². The van der Waals surface area contributed by atoms with Crippen LogP contribution in [0.4, 0.5) is 0 Å². The van der Waals surface area contributed by atoms with Gasteiger partial charge in [0, 0.05) is 13.1 Å². The number of nitrogens with one attached hydrogen (secondary N) is 3. The van der Waals surface area contributed by atoms with E-state index in [1.165, 1.54) is 11.8 Å². The van der Waals surface area contributed by atoms with E-state index < -0.39 is 47.9 Å². The van der Waals surface area contributed by atoms with Gasteiger partial charge in [-0.05, 0) is 62.5 Å². The van der Waals surface area contributed by atoms with Crippen molar-refractivity contribution in [2.75, 3.05) is 37.1 Å². The molecule has 0 rings (SSSR count).